The first kappa shape index (κ1) is 14.5. The van der Waals surface area contributed by atoms with Gasteiger partial charge in [0.05, 0.1) is 13.2 Å². The molecular weight excluding hydrogens is 238 g/mol. The van der Waals surface area contributed by atoms with Gasteiger partial charge in [-0.25, -0.2) is 0 Å². The Balaban J connectivity index is 1.55. The lowest BCUT2D eigenvalue weighted by Crippen LogP contribution is -2.37. The third-order valence-electron chi connectivity index (χ3n) is 3.52. The fourth-order valence-electron chi connectivity index (χ4n) is 2.28. The number of hydrogen-bond donors (Lipinski definition) is 2. The van der Waals surface area contributed by atoms with Gasteiger partial charge < -0.3 is 15.8 Å². The topological polar surface area (TPSA) is 50.5 Å². The number of nitrogens with two attached hydrogens (primary N) is 1. The normalized spacial score (nSPS) is 16.7. The molecule has 4 nitrogen and oxygen atoms in total. The summed E-state index contributed by atoms with van der Waals surface area (Å²) >= 11 is 0. The average Bonchev–Trinajstić information content (AvgIpc) is 2.49. The largest absolute Gasteiger partial charge is 0.379 e. The summed E-state index contributed by atoms with van der Waals surface area (Å²) in [6.07, 6.45) is 1.20. The number of morpholine rings is 1. The number of ether oxygens (including phenoxy) is 1. The highest BCUT2D eigenvalue weighted by molar-refractivity contribution is 5.22. The number of rotatable bonds is 7. The number of hydrogen-bond acceptors (Lipinski definition) is 4. The van der Waals surface area contributed by atoms with Gasteiger partial charge in [-0.05, 0) is 30.6 Å². The van der Waals surface area contributed by atoms with Crippen molar-refractivity contribution in [2.24, 2.45) is 5.73 Å². The molecule has 0 bridgehead atoms. The third kappa shape index (κ3) is 5.28. The van der Waals surface area contributed by atoms with Crippen LogP contribution in [0.4, 0.5) is 0 Å². The smallest absolute Gasteiger partial charge is 0.0594 e. The van der Waals surface area contributed by atoms with Crippen molar-refractivity contribution in [3.05, 3.63) is 35.4 Å². The third-order valence-corrected chi connectivity index (χ3v) is 3.52. The Bertz CT molecular complexity index is 347. The predicted molar refractivity (Wildman–Crippen MR) is 77.9 cm³/mol. The zero-order valence-electron chi connectivity index (χ0n) is 11.6. The minimum Gasteiger partial charge on any atom is -0.379 e. The highest BCUT2D eigenvalue weighted by atomic mass is 16.5. The van der Waals surface area contributed by atoms with Crippen molar-refractivity contribution in [1.82, 2.24) is 10.2 Å². The minimum atomic E-state index is 0.618. The second-order valence-electron chi connectivity index (χ2n) is 5.00. The van der Waals surface area contributed by atoms with Crippen LogP contribution in [-0.2, 0) is 17.8 Å². The average molecular weight is 263 g/mol. The van der Waals surface area contributed by atoms with Gasteiger partial charge >= 0.3 is 0 Å². The molecule has 0 spiro atoms. The molecule has 1 saturated heterocycles. The highest BCUT2D eigenvalue weighted by Crippen LogP contribution is 2.03. The second-order valence-corrected chi connectivity index (χ2v) is 5.00. The first-order valence-corrected chi connectivity index (χ1v) is 7.17. The zero-order valence-corrected chi connectivity index (χ0v) is 11.6. The van der Waals surface area contributed by atoms with E-state index in [0.29, 0.717) is 6.54 Å². The molecule has 2 rings (SSSR count). The maximum atomic E-state index is 5.58. The van der Waals surface area contributed by atoms with Crippen LogP contribution in [0, 0.1) is 0 Å². The first-order chi connectivity index (χ1) is 9.38. The Morgan fingerprint density at radius 1 is 1.11 bits per heavy atom. The zero-order chi connectivity index (χ0) is 13.3. The summed E-state index contributed by atoms with van der Waals surface area (Å²) in [5, 5.41) is 3.49. The molecule has 1 aromatic carbocycles. The van der Waals surface area contributed by atoms with Crippen LogP contribution < -0.4 is 11.1 Å². The molecule has 19 heavy (non-hydrogen) atoms. The fraction of sp³-hybridized carbons (Fsp3) is 0.600. The SMILES string of the molecule is NCc1ccc(CNCCCN2CCOCC2)cc1. The van der Waals surface area contributed by atoms with Crippen molar-refractivity contribution in [1.29, 1.82) is 0 Å². The molecule has 0 aliphatic carbocycles. The Hall–Kier alpha value is -0.940. The molecule has 1 fully saturated rings. The lowest BCUT2D eigenvalue weighted by atomic mass is 10.1. The molecule has 0 amide bonds. The van der Waals surface area contributed by atoms with E-state index in [2.05, 4.69) is 34.5 Å². The van der Waals surface area contributed by atoms with Gasteiger partial charge in [0.2, 0.25) is 0 Å². The van der Waals surface area contributed by atoms with Crippen molar-refractivity contribution in [2.75, 3.05) is 39.4 Å². The lowest BCUT2D eigenvalue weighted by molar-refractivity contribution is 0.0374. The summed E-state index contributed by atoms with van der Waals surface area (Å²) in [7, 11) is 0. The van der Waals surface area contributed by atoms with E-state index in [1.165, 1.54) is 24.1 Å². The Labute approximate surface area is 115 Å². The molecular formula is C15H25N3O. The molecule has 1 aliphatic rings. The van der Waals surface area contributed by atoms with Crippen molar-refractivity contribution in [3.63, 3.8) is 0 Å². The van der Waals surface area contributed by atoms with E-state index in [1.807, 2.05) is 0 Å². The van der Waals surface area contributed by atoms with Crippen LogP contribution in [0.25, 0.3) is 0 Å². The molecule has 0 saturated carbocycles. The summed E-state index contributed by atoms with van der Waals surface area (Å²) in [5.74, 6) is 0. The van der Waals surface area contributed by atoms with Crippen molar-refractivity contribution in [3.8, 4) is 0 Å². The van der Waals surface area contributed by atoms with Gasteiger partial charge in [0, 0.05) is 26.2 Å². The number of benzene rings is 1. The van der Waals surface area contributed by atoms with Gasteiger partial charge in [0.1, 0.15) is 0 Å². The van der Waals surface area contributed by atoms with Gasteiger partial charge in [0.15, 0.2) is 0 Å². The van der Waals surface area contributed by atoms with E-state index in [4.69, 9.17) is 10.5 Å². The van der Waals surface area contributed by atoms with Crippen LogP contribution in [0.15, 0.2) is 24.3 Å². The Kier molecular flexibility index (Phi) is 6.30. The van der Waals surface area contributed by atoms with Crippen molar-refractivity contribution >= 4 is 0 Å². The first-order valence-electron chi connectivity index (χ1n) is 7.17. The number of nitrogens with zero attached hydrogens (tertiary/aromatic N) is 1. The summed E-state index contributed by atoms with van der Waals surface area (Å²) in [5.41, 5.74) is 8.09. The molecule has 106 valence electrons. The van der Waals surface area contributed by atoms with Crippen LogP contribution in [0.2, 0.25) is 0 Å². The Morgan fingerprint density at radius 3 is 2.47 bits per heavy atom. The summed E-state index contributed by atoms with van der Waals surface area (Å²) in [6, 6.07) is 8.50. The van der Waals surface area contributed by atoms with E-state index < -0.39 is 0 Å². The fourth-order valence-corrected chi connectivity index (χ4v) is 2.28. The molecule has 0 unspecified atom stereocenters. The van der Waals surface area contributed by atoms with E-state index >= 15 is 0 Å². The van der Waals surface area contributed by atoms with Crippen molar-refractivity contribution < 1.29 is 4.74 Å². The summed E-state index contributed by atoms with van der Waals surface area (Å²) in [6.45, 7) is 7.74. The van der Waals surface area contributed by atoms with E-state index in [-0.39, 0.29) is 0 Å². The van der Waals surface area contributed by atoms with Gasteiger partial charge in [-0.3, -0.25) is 4.90 Å². The van der Waals surface area contributed by atoms with Gasteiger partial charge in [0.25, 0.3) is 0 Å². The predicted octanol–water partition coefficient (Wildman–Crippen LogP) is 0.957. The standard InChI is InChI=1S/C15H25N3O/c16-12-14-2-4-15(5-3-14)13-17-6-1-7-18-8-10-19-11-9-18/h2-5,17H,1,6-13,16H2. The number of nitrogens with one attached hydrogen (secondary N) is 1. The summed E-state index contributed by atoms with van der Waals surface area (Å²) < 4.78 is 5.34. The van der Waals surface area contributed by atoms with Crippen LogP contribution in [0.1, 0.15) is 17.5 Å². The van der Waals surface area contributed by atoms with Gasteiger partial charge in [-0.15, -0.1) is 0 Å². The quantitative estimate of drug-likeness (QED) is 0.719. The van der Waals surface area contributed by atoms with Crippen molar-refractivity contribution in [2.45, 2.75) is 19.5 Å². The van der Waals surface area contributed by atoms with E-state index in [9.17, 15) is 0 Å². The molecule has 0 radical (unpaired) electrons. The molecule has 1 aliphatic heterocycles. The van der Waals surface area contributed by atoms with E-state index in [1.54, 1.807) is 0 Å². The molecule has 1 aromatic rings. The van der Waals surface area contributed by atoms with E-state index in [0.717, 1.165) is 39.4 Å². The Morgan fingerprint density at radius 2 is 1.79 bits per heavy atom. The molecule has 0 aromatic heterocycles. The molecule has 0 atom stereocenters. The molecule has 3 N–H and O–H groups in total. The monoisotopic (exact) mass is 263 g/mol. The van der Waals surface area contributed by atoms with Crippen LogP contribution >= 0.6 is 0 Å². The van der Waals surface area contributed by atoms with Crippen LogP contribution in [-0.4, -0.2) is 44.3 Å². The summed E-state index contributed by atoms with van der Waals surface area (Å²) in [4.78, 5) is 2.47. The van der Waals surface area contributed by atoms with Crippen LogP contribution in [0.3, 0.4) is 0 Å². The second kappa shape index (κ2) is 8.27. The molecule has 1 heterocycles. The lowest BCUT2D eigenvalue weighted by Gasteiger charge is -2.26. The molecule has 4 heteroatoms. The maximum absolute atomic E-state index is 5.58. The van der Waals surface area contributed by atoms with Gasteiger partial charge in [-0.1, -0.05) is 24.3 Å². The maximum Gasteiger partial charge on any atom is 0.0594 e. The minimum absolute atomic E-state index is 0.618. The van der Waals surface area contributed by atoms with Crippen LogP contribution in [0.5, 0.6) is 0 Å². The highest BCUT2D eigenvalue weighted by Gasteiger charge is 2.08. The van der Waals surface area contributed by atoms with Gasteiger partial charge in [-0.2, -0.15) is 0 Å².